The Bertz CT molecular complexity index is 1220. The Kier molecular flexibility index (Phi) is 11.7. The second-order valence-electron chi connectivity index (χ2n) is 9.37. The van der Waals surface area contributed by atoms with Crippen LogP contribution < -0.4 is 5.32 Å². The van der Waals surface area contributed by atoms with Crippen LogP contribution in [0, 0.1) is 13.8 Å². The van der Waals surface area contributed by atoms with Crippen molar-refractivity contribution in [2.75, 3.05) is 6.54 Å². The molecule has 1 aliphatic heterocycles. The summed E-state index contributed by atoms with van der Waals surface area (Å²) in [5.74, 6) is 0. The van der Waals surface area contributed by atoms with Gasteiger partial charge in [-0.15, -0.1) is 0 Å². The first-order chi connectivity index (χ1) is 17.7. The highest BCUT2D eigenvalue weighted by atomic mass is 15.1. The standard InChI is InChI=1S/C35H44N2/c1-10-13-19-26(4)30(8)34(17-11-2)36-24-32-28(6)21-22-29(7)33(32)25-37-23-16-14-15-20-27(5)31(9)35(37)18-12-3/h10-22,36H,1,4-5,23-25H2,2-3,6-9H3/b16-14-,17-11-,18-12-,19-13-,20-15-,34-30-,35-31-. The molecule has 0 atom stereocenters. The summed E-state index contributed by atoms with van der Waals surface area (Å²) in [5, 5.41) is 3.71. The first kappa shape index (κ1) is 29.5. The molecule has 0 saturated heterocycles. The topological polar surface area (TPSA) is 15.3 Å². The van der Waals surface area contributed by atoms with Gasteiger partial charge in [0.25, 0.3) is 0 Å². The minimum atomic E-state index is 0.734. The van der Waals surface area contributed by atoms with Gasteiger partial charge >= 0.3 is 0 Å². The summed E-state index contributed by atoms with van der Waals surface area (Å²) >= 11 is 0. The molecule has 0 fully saturated rings. The second kappa shape index (κ2) is 14.7. The molecule has 1 aliphatic rings. The lowest BCUT2D eigenvalue weighted by atomic mass is 9.95. The van der Waals surface area contributed by atoms with Crippen LogP contribution in [0.5, 0.6) is 0 Å². The van der Waals surface area contributed by atoms with Gasteiger partial charge < -0.3 is 10.2 Å². The predicted molar refractivity (Wildman–Crippen MR) is 164 cm³/mol. The van der Waals surface area contributed by atoms with E-state index in [9.17, 15) is 0 Å². The number of hydrogen-bond donors (Lipinski definition) is 1. The van der Waals surface area contributed by atoms with Crippen molar-refractivity contribution < 1.29 is 0 Å². The van der Waals surface area contributed by atoms with E-state index in [2.05, 4.69) is 125 Å². The fourth-order valence-electron chi connectivity index (χ4n) is 4.33. The summed E-state index contributed by atoms with van der Waals surface area (Å²) < 4.78 is 0. The number of allylic oxidation sites excluding steroid dienone is 14. The van der Waals surface area contributed by atoms with Gasteiger partial charge in [0, 0.05) is 31.0 Å². The highest BCUT2D eigenvalue weighted by molar-refractivity contribution is 5.47. The van der Waals surface area contributed by atoms with Gasteiger partial charge in [-0.1, -0.05) is 86.6 Å². The zero-order valence-corrected chi connectivity index (χ0v) is 23.7. The second-order valence-corrected chi connectivity index (χ2v) is 9.37. The summed E-state index contributed by atoms with van der Waals surface area (Å²) in [7, 11) is 0. The molecule has 0 amide bonds. The summed E-state index contributed by atoms with van der Waals surface area (Å²) in [6, 6.07) is 4.47. The molecule has 1 N–H and O–H groups in total. The van der Waals surface area contributed by atoms with E-state index >= 15 is 0 Å². The average Bonchev–Trinajstić information content (AvgIpc) is 2.94. The molecular formula is C35H44N2. The van der Waals surface area contributed by atoms with Gasteiger partial charge in [-0.25, -0.2) is 0 Å². The molecule has 0 radical (unpaired) electrons. The van der Waals surface area contributed by atoms with Crippen molar-refractivity contribution in [1.29, 1.82) is 0 Å². The first-order valence-corrected chi connectivity index (χ1v) is 13.0. The highest BCUT2D eigenvalue weighted by Crippen LogP contribution is 2.27. The fraction of sp³-hybridized carbons (Fsp3) is 0.257. The molecule has 0 bridgehead atoms. The zero-order valence-electron chi connectivity index (χ0n) is 23.7. The normalized spacial score (nSPS) is 19.1. The number of rotatable bonds is 10. The van der Waals surface area contributed by atoms with Crippen LogP contribution in [0.1, 0.15) is 49.9 Å². The maximum absolute atomic E-state index is 4.30. The van der Waals surface area contributed by atoms with Gasteiger partial charge in [0.1, 0.15) is 0 Å². The summed E-state index contributed by atoms with van der Waals surface area (Å²) in [4.78, 5) is 2.45. The van der Waals surface area contributed by atoms with E-state index in [1.165, 1.54) is 33.5 Å². The summed E-state index contributed by atoms with van der Waals surface area (Å²) in [6.45, 7) is 27.5. The van der Waals surface area contributed by atoms with E-state index in [-0.39, 0.29) is 0 Å². The lowest BCUT2D eigenvalue weighted by Crippen LogP contribution is -2.25. The molecule has 2 nitrogen and oxygen atoms in total. The Hall–Kier alpha value is -3.78. The third kappa shape index (κ3) is 8.11. The predicted octanol–water partition coefficient (Wildman–Crippen LogP) is 8.88. The van der Waals surface area contributed by atoms with E-state index in [1.54, 1.807) is 6.08 Å². The average molecular weight is 493 g/mol. The number of hydrogen-bond acceptors (Lipinski definition) is 2. The summed E-state index contributed by atoms with van der Waals surface area (Å²) in [6.07, 6.45) is 22.7. The van der Waals surface area contributed by atoms with E-state index in [4.69, 9.17) is 0 Å². The molecule has 1 aromatic rings. The molecule has 1 aromatic carbocycles. The molecule has 0 aliphatic carbocycles. The number of aryl methyl sites for hydroxylation is 2. The molecule has 0 spiro atoms. The third-order valence-corrected chi connectivity index (χ3v) is 6.76. The molecule has 2 rings (SSSR count). The zero-order chi connectivity index (χ0) is 27.4. The van der Waals surface area contributed by atoms with Crippen LogP contribution in [-0.4, -0.2) is 11.4 Å². The van der Waals surface area contributed by atoms with Gasteiger partial charge in [0.05, 0.1) is 0 Å². The van der Waals surface area contributed by atoms with Crippen LogP contribution in [0.4, 0.5) is 0 Å². The van der Waals surface area contributed by atoms with Crippen molar-refractivity contribution in [3.05, 3.63) is 155 Å². The third-order valence-electron chi connectivity index (χ3n) is 6.76. The summed E-state index contributed by atoms with van der Waals surface area (Å²) in [5.41, 5.74) is 11.9. The van der Waals surface area contributed by atoms with Crippen molar-refractivity contribution in [2.45, 2.75) is 54.6 Å². The quantitative estimate of drug-likeness (QED) is 0.328. The molecule has 0 aromatic heterocycles. The molecule has 0 saturated carbocycles. The molecule has 37 heavy (non-hydrogen) atoms. The van der Waals surface area contributed by atoms with Crippen molar-refractivity contribution >= 4 is 0 Å². The smallest absolute Gasteiger partial charge is 0.0439 e. The lowest BCUT2D eigenvalue weighted by molar-refractivity contribution is 0.379. The Morgan fingerprint density at radius 3 is 2.38 bits per heavy atom. The highest BCUT2D eigenvalue weighted by Gasteiger charge is 2.17. The number of nitrogens with zero attached hydrogens (tertiary/aromatic N) is 1. The van der Waals surface area contributed by atoms with Crippen LogP contribution >= 0.6 is 0 Å². The van der Waals surface area contributed by atoms with Gasteiger partial charge in [0.15, 0.2) is 0 Å². The maximum atomic E-state index is 4.30. The Labute approximate surface area is 225 Å². The SMILES string of the molecule is C=C/C=C\C(=C)/C(C)=C(/C=C\C)NCc1c(C)ccc(C)c1CN1C/C=C\C=C/C(=C)/C(C)=C1/C=C\C. The van der Waals surface area contributed by atoms with Crippen LogP contribution in [0.15, 0.2) is 132 Å². The van der Waals surface area contributed by atoms with Crippen LogP contribution in [0.25, 0.3) is 0 Å². The number of nitrogens with one attached hydrogen (secondary N) is 1. The van der Waals surface area contributed by atoms with Crippen LogP contribution in [0.2, 0.25) is 0 Å². The Morgan fingerprint density at radius 2 is 1.73 bits per heavy atom. The largest absolute Gasteiger partial charge is 0.381 e. The van der Waals surface area contributed by atoms with E-state index in [1.807, 2.05) is 19.1 Å². The minimum Gasteiger partial charge on any atom is -0.381 e. The molecular weight excluding hydrogens is 448 g/mol. The maximum Gasteiger partial charge on any atom is 0.0439 e. The molecule has 0 unspecified atom stereocenters. The van der Waals surface area contributed by atoms with E-state index in [0.717, 1.165) is 42.1 Å². The Balaban J connectivity index is 2.51. The van der Waals surface area contributed by atoms with Gasteiger partial charge in [0.2, 0.25) is 0 Å². The minimum absolute atomic E-state index is 0.734. The fourth-order valence-corrected chi connectivity index (χ4v) is 4.33. The first-order valence-electron chi connectivity index (χ1n) is 13.0. The molecule has 194 valence electrons. The van der Waals surface area contributed by atoms with Crippen molar-refractivity contribution in [1.82, 2.24) is 10.2 Å². The Morgan fingerprint density at radius 1 is 1.03 bits per heavy atom. The van der Waals surface area contributed by atoms with Gasteiger partial charge in [-0.3, -0.25) is 0 Å². The lowest BCUT2D eigenvalue weighted by Gasteiger charge is -2.29. The van der Waals surface area contributed by atoms with Crippen molar-refractivity contribution in [2.24, 2.45) is 0 Å². The molecule has 2 heteroatoms. The van der Waals surface area contributed by atoms with E-state index in [0.29, 0.717) is 0 Å². The van der Waals surface area contributed by atoms with Crippen LogP contribution in [0.3, 0.4) is 0 Å². The monoisotopic (exact) mass is 492 g/mol. The van der Waals surface area contributed by atoms with Crippen molar-refractivity contribution in [3.8, 4) is 0 Å². The van der Waals surface area contributed by atoms with E-state index < -0.39 is 0 Å². The van der Waals surface area contributed by atoms with Crippen molar-refractivity contribution in [3.63, 3.8) is 0 Å². The van der Waals surface area contributed by atoms with Crippen LogP contribution in [-0.2, 0) is 13.1 Å². The van der Waals surface area contributed by atoms with Gasteiger partial charge in [-0.2, -0.15) is 0 Å². The molecule has 1 heterocycles. The van der Waals surface area contributed by atoms with Gasteiger partial charge in [-0.05, 0) is 98.2 Å². The number of benzene rings is 1.